The third kappa shape index (κ3) is 2.06. The average Bonchev–Trinajstić information content (AvgIpc) is 2.73. The Morgan fingerprint density at radius 1 is 1.35 bits per heavy atom. The summed E-state index contributed by atoms with van der Waals surface area (Å²) in [6.45, 7) is 1.40. The van der Waals surface area contributed by atoms with Gasteiger partial charge >= 0.3 is 6.03 Å². The lowest BCUT2D eigenvalue weighted by Crippen LogP contribution is -2.59. The van der Waals surface area contributed by atoms with E-state index in [-0.39, 0.29) is 24.1 Å². The van der Waals surface area contributed by atoms with E-state index >= 15 is 0 Å². The summed E-state index contributed by atoms with van der Waals surface area (Å²) in [5.41, 5.74) is -1.01. The van der Waals surface area contributed by atoms with Crippen LogP contribution in [-0.2, 0) is 19.1 Å². The van der Waals surface area contributed by atoms with Gasteiger partial charge in [0.05, 0.1) is 6.54 Å². The fourth-order valence-electron chi connectivity index (χ4n) is 2.68. The van der Waals surface area contributed by atoms with Gasteiger partial charge in [0.15, 0.2) is 0 Å². The van der Waals surface area contributed by atoms with Gasteiger partial charge in [0.25, 0.3) is 11.8 Å². The number of hydrogen-bond donors (Lipinski definition) is 2. The lowest BCUT2D eigenvalue weighted by molar-refractivity contribution is -0.137. The Labute approximate surface area is 115 Å². The first kappa shape index (κ1) is 12.8. The van der Waals surface area contributed by atoms with Crippen LogP contribution in [0.5, 0.6) is 0 Å². The number of rotatable bonds is 1. The first-order valence-corrected chi connectivity index (χ1v) is 6.48. The predicted molar refractivity (Wildman–Crippen MR) is 65.2 cm³/mol. The van der Waals surface area contributed by atoms with E-state index < -0.39 is 11.6 Å². The number of hydrogen-bond acceptors (Lipinski definition) is 5. The van der Waals surface area contributed by atoms with Gasteiger partial charge in [0.2, 0.25) is 5.76 Å². The average molecular weight is 281 g/mol. The predicted octanol–water partition coefficient (Wildman–Crippen LogP) is -0.925. The molecule has 1 spiro atoms. The molecule has 1 atom stereocenters. The van der Waals surface area contributed by atoms with E-state index in [4.69, 9.17) is 9.47 Å². The van der Waals surface area contributed by atoms with Crippen LogP contribution in [0.25, 0.3) is 0 Å². The van der Waals surface area contributed by atoms with Gasteiger partial charge in [-0.05, 0) is 12.8 Å². The second kappa shape index (κ2) is 4.69. The molecule has 0 aliphatic carbocycles. The summed E-state index contributed by atoms with van der Waals surface area (Å²) in [6.07, 6.45) is 2.44. The molecule has 2 N–H and O–H groups in total. The summed E-state index contributed by atoms with van der Waals surface area (Å²) in [4.78, 5) is 37.0. The zero-order valence-corrected chi connectivity index (χ0v) is 10.8. The van der Waals surface area contributed by atoms with Gasteiger partial charge in [-0.2, -0.15) is 0 Å². The molecular formula is C12H15N3O5. The lowest BCUT2D eigenvalue weighted by Gasteiger charge is -2.38. The monoisotopic (exact) mass is 281 g/mol. The number of carbonyl (C=O) groups is 3. The molecule has 0 aromatic heterocycles. The molecule has 3 heterocycles. The number of imide groups is 1. The Hall–Kier alpha value is -2.25. The van der Waals surface area contributed by atoms with Crippen molar-refractivity contribution < 1.29 is 23.9 Å². The smallest absolute Gasteiger partial charge is 0.322 e. The Morgan fingerprint density at radius 3 is 2.85 bits per heavy atom. The molecule has 0 bridgehead atoms. The number of ether oxygens (including phenoxy) is 2. The molecule has 108 valence electrons. The van der Waals surface area contributed by atoms with E-state index in [1.54, 1.807) is 0 Å². The zero-order chi connectivity index (χ0) is 14.2. The number of urea groups is 1. The number of piperidine rings is 1. The van der Waals surface area contributed by atoms with Crippen molar-refractivity contribution in [2.24, 2.45) is 0 Å². The number of carbonyl (C=O) groups excluding carboxylic acids is 3. The maximum atomic E-state index is 12.3. The highest BCUT2D eigenvalue weighted by molar-refractivity contribution is 6.07. The number of likely N-dealkylation sites (tertiary alicyclic amines) is 1. The van der Waals surface area contributed by atoms with Gasteiger partial charge in [-0.15, -0.1) is 0 Å². The zero-order valence-electron chi connectivity index (χ0n) is 10.8. The van der Waals surface area contributed by atoms with Gasteiger partial charge in [0.1, 0.15) is 25.0 Å². The molecule has 3 aliphatic rings. The van der Waals surface area contributed by atoms with E-state index in [0.717, 1.165) is 0 Å². The van der Waals surface area contributed by atoms with E-state index in [9.17, 15) is 14.4 Å². The largest absolute Gasteiger partial charge is 0.494 e. The number of nitrogens with one attached hydrogen (secondary N) is 2. The molecule has 1 unspecified atom stereocenters. The van der Waals surface area contributed by atoms with Crippen molar-refractivity contribution in [3.63, 3.8) is 0 Å². The molecule has 0 saturated carbocycles. The van der Waals surface area contributed by atoms with Gasteiger partial charge in [-0.25, -0.2) is 4.79 Å². The maximum absolute atomic E-state index is 12.3. The van der Waals surface area contributed by atoms with Crippen LogP contribution in [0.1, 0.15) is 12.8 Å². The van der Waals surface area contributed by atoms with E-state index in [1.165, 1.54) is 11.2 Å². The highest BCUT2D eigenvalue weighted by Gasteiger charge is 2.49. The normalized spacial score (nSPS) is 29.2. The van der Waals surface area contributed by atoms with Crippen molar-refractivity contribution in [1.29, 1.82) is 0 Å². The topological polar surface area (TPSA) is 97.0 Å². The Morgan fingerprint density at radius 2 is 2.20 bits per heavy atom. The van der Waals surface area contributed by atoms with Crippen LogP contribution in [0.15, 0.2) is 12.0 Å². The molecule has 2 fully saturated rings. The molecule has 3 rings (SSSR count). The van der Waals surface area contributed by atoms with Crippen LogP contribution in [-0.4, -0.2) is 54.6 Å². The molecule has 4 amide bonds. The van der Waals surface area contributed by atoms with Crippen LogP contribution < -0.4 is 10.6 Å². The fraction of sp³-hybridized carbons (Fsp3) is 0.583. The minimum atomic E-state index is -1.01. The Bertz CT molecular complexity index is 503. The first-order valence-electron chi connectivity index (χ1n) is 6.48. The molecule has 0 aromatic rings. The third-order valence-electron chi connectivity index (χ3n) is 3.65. The van der Waals surface area contributed by atoms with Crippen molar-refractivity contribution in [1.82, 2.24) is 15.5 Å². The maximum Gasteiger partial charge on any atom is 0.322 e. The molecule has 8 nitrogen and oxygen atoms in total. The molecule has 20 heavy (non-hydrogen) atoms. The van der Waals surface area contributed by atoms with Crippen molar-refractivity contribution in [2.75, 3.05) is 26.3 Å². The van der Waals surface area contributed by atoms with Crippen LogP contribution in [0.3, 0.4) is 0 Å². The molecule has 0 aromatic carbocycles. The van der Waals surface area contributed by atoms with Crippen molar-refractivity contribution in [3.8, 4) is 0 Å². The van der Waals surface area contributed by atoms with Crippen molar-refractivity contribution >= 4 is 17.8 Å². The minimum absolute atomic E-state index is 0.137. The Kier molecular flexibility index (Phi) is 3.00. The first-order chi connectivity index (χ1) is 9.61. The summed E-state index contributed by atoms with van der Waals surface area (Å²) >= 11 is 0. The third-order valence-corrected chi connectivity index (χ3v) is 3.65. The van der Waals surface area contributed by atoms with E-state index in [2.05, 4.69) is 10.6 Å². The number of nitrogens with zero attached hydrogens (tertiary/aromatic N) is 1. The molecule has 3 aliphatic heterocycles. The van der Waals surface area contributed by atoms with Gasteiger partial charge in [0, 0.05) is 6.54 Å². The highest BCUT2D eigenvalue weighted by Crippen LogP contribution is 2.25. The van der Waals surface area contributed by atoms with Crippen molar-refractivity contribution in [2.45, 2.75) is 18.4 Å². The van der Waals surface area contributed by atoms with Crippen LogP contribution >= 0.6 is 0 Å². The minimum Gasteiger partial charge on any atom is -0.494 e. The summed E-state index contributed by atoms with van der Waals surface area (Å²) in [7, 11) is 0. The quantitative estimate of drug-likeness (QED) is 0.606. The fourth-order valence-corrected chi connectivity index (χ4v) is 2.68. The second-order valence-corrected chi connectivity index (χ2v) is 5.02. The van der Waals surface area contributed by atoms with E-state index in [0.29, 0.717) is 32.6 Å². The van der Waals surface area contributed by atoms with Crippen molar-refractivity contribution in [3.05, 3.63) is 12.0 Å². The highest BCUT2D eigenvalue weighted by atomic mass is 16.6. The Balaban J connectivity index is 1.75. The van der Waals surface area contributed by atoms with Gasteiger partial charge < -0.3 is 19.7 Å². The SMILES string of the molecule is O=C1NC(=O)C2(CCCN(C(=O)C3=COCCO3)C2)N1. The second-order valence-electron chi connectivity index (χ2n) is 5.02. The lowest BCUT2D eigenvalue weighted by atomic mass is 9.89. The summed E-state index contributed by atoms with van der Waals surface area (Å²) < 4.78 is 10.3. The summed E-state index contributed by atoms with van der Waals surface area (Å²) in [5.74, 6) is -0.564. The summed E-state index contributed by atoms with van der Waals surface area (Å²) in [6, 6.07) is -0.513. The van der Waals surface area contributed by atoms with Crippen LogP contribution in [0.4, 0.5) is 4.79 Å². The van der Waals surface area contributed by atoms with Gasteiger partial charge in [-0.1, -0.05) is 0 Å². The van der Waals surface area contributed by atoms with E-state index in [1.807, 2.05) is 0 Å². The number of amides is 4. The molecule has 2 saturated heterocycles. The molecule has 0 radical (unpaired) electrons. The van der Waals surface area contributed by atoms with Gasteiger partial charge in [-0.3, -0.25) is 14.9 Å². The molecule has 8 heteroatoms. The standard InChI is InChI=1S/C12H15N3O5/c16-9(8-6-19-4-5-20-8)15-3-1-2-12(7-15)10(17)13-11(18)14-12/h6H,1-5,7H2,(H2,13,14,17,18). The summed E-state index contributed by atoms with van der Waals surface area (Å²) in [5, 5.41) is 4.84. The van der Waals surface area contributed by atoms with Crippen LogP contribution in [0.2, 0.25) is 0 Å². The van der Waals surface area contributed by atoms with Crippen LogP contribution in [0, 0.1) is 0 Å². The molecular weight excluding hydrogens is 266 g/mol.